The van der Waals surface area contributed by atoms with E-state index < -0.39 is 15.9 Å². The van der Waals surface area contributed by atoms with E-state index in [0.717, 1.165) is 5.56 Å². The Bertz CT molecular complexity index is 1070. The van der Waals surface area contributed by atoms with Crippen LogP contribution in [-0.2, 0) is 14.8 Å². The standard InChI is InChI=1S/C23H30N2O6S/c1-16(2)9-10-25(15-23(26)24-19-13-17(3)5-7-20(19)29-4)32(27,28)18-6-8-21-22(14-18)31-12-11-30-21/h5-8,13-14,16H,9-12,15H2,1-4H3,(H,24,26). The molecule has 174 valence electrons. The van der Waals surface area contributed by atoms with Crippen LogP contribution in [-0.4, -0.2) is 52.0 Å². The van der Waals surface area contributed by atoms with Crippen LogP contribution in [0.2, 0.25) is 0 Å². The fraction of sp³-hybridized carbons (Fsp3) is 0.435. The van der Waals surface area contributed by atoms with Gasteiger partial charge < -0.3 is 19.5 Å². The Labute approximate surface area is 189 Å². The number of hydrogen-bond acceptors (Lipinski definition) is 6. The molecule has 2 aromatic rings. The maximum atomic E-state index is 13.4. The molecule has 0 atom stereocenters. The number of ether oxygens (including phenoxy) is 3. The quantitative estimate of drug-likeness (QED) is 0.613. The van der Waals surface area contributed by atoms with E-state index in [-0.39, 0.29) is 23.9 Å². The molecule has 2 aromatic carbocycles. The van der Waals surface area contributed by atoms with Crippen molar-refractivity contribution in [3.8, 4) is 17.2 Å². The summed E-state index contributed by atoms with van der Waals surface area (Å²) in [6.45, 7) is 6.58. The minimum absolute atomic E-state index is 0.0615. The van der Waals surface area contributed by atoms with Gasteiger partial charge in [-0.1, -0.05) is 19.9 Å². The lowest BCUT2D eigenvalue weighted by atomic mass is 10.1. The minimum Gasteiger partial charge on any atom is -0.495 e. The van der Waals surface area contributed by atoms with E-state index >= 15 is 0 Å². The molecule has 0 aromatic heterocycles. The van der Waals surface area contributed by atoms with E-state index in [1.165, 1.54) is 23.5 Å². The van der Waals surface area contributed by atoms with E-state index in [9.17, 15) is 13.2 Å². The second-order valence-corrected chi connectivity index (χ2v) is 10.0. The van der Waals surface area contributed by atoms with Crippen molar-refractivity contribution in [1.29, 1.82) is 0 Å². The van der Waals surface area contributed by atoms with Gasteiger partial charge in [0.05, 0.1) is 24.2 Å². The molecule has 0 saturated heterocycles. The predicted molar refractivity (Wildman–Crippen MR) is 122 cm³/mol. The number of aryl methyl sites for hydroxylation is 1. The van der Waals surface area contributed by atoms with Gasteiger partial charge in [-0.2, -0.15) is 4.31 Å². The number of nitrogens with one attached hydrogen (secondary N) is 1. The highest BCUT2D eigenvalue weighted by Crippen LogP contribution is 2.33. The maximum absolute atomic E-state index is 13.4. The van der Waals surface area contributed by atoms with Crippen molar-refractivity contribution >= 4 is 21.6 Å². The second-order valence-electron chi connectivity index (χ2n) is 8.08. The number of sulfonamides is 1. The SMILES string of the molecule is COc1ccc(C)cc1NC(=O)CN(CCC(C)C)S(=O)(=O)c1ccc2c(c1)OCCO2. The van der Waals surface area contributed by atoms with Crippen molar-refractivity contribution in [3.05, 3.63) is 42.0 Å². The van der Waals surface area contributed by atoms with Crippen molar-refractivity contribution < 1.29 is 27.4 Å². The summed E-state index contributed by atoms with van der Waals surface area (Å²) in [6, 6.07) is 9.92. The summed E-state index contributed by atoms with van der Waals surface area (Å²) in [4.78, 5) is 12.9. The van der Waals surface area contributed by atoms with Gasteiger partial charge in [0, 0.05) is 12.6 Å². The maximum Gasteiger partial charge on any atom is 0.243 e. The first-order valence-electron chi connectivity index (χ1n) is 10.5. The Morgan fingerprint density at radius 1 is 1.12 bits per heavy atom. The smallest absolute Gasteiger partial charge is 0.243 e. The average molecular weight is 463 g/mol. The van der Waals surface area contributed by atoms with Crippen LogP contribution in [0, 0.1) is 12.8 Å². The molecule has 9 heteroatoms. The number of benzene rings is 2. The Hall–Kier alpha value is -2.78. The lowest BCUT2D eigenvalue weighted by molar-refractivity contribution is -0.116. The highest BCUT2D eigenvalue weighted by molar-refractivity contribution is 7.89. The number of methoxy groups -OCH3 is 1. The molecule has 0 spiro atoms. The molecule has 1 aliphatic rings. The van der Waals surface area contributed by atoms with Gasteiger partial charge in [0.2, 0.25) is 15.9 Å². The molecule has 1 aliphatic heterocycles. The first-order chi connectivity index (χ1) is 15.2. The number of hydrogen-bond donors (Lipinski definition) is 1. The van der Waals surface area contributed by atoms with Crippen molar-refractivity contribution in [2.45, 2.75) is 32.1 Å². The van der Waals surface area contributed by atoms with E-state index in [2.05, 4.69) is 5.32 Å². The molecule has 32 heavy (non-hydrogen) atoms. The molecule has 0 bridgehead atoms. The Morgan fingerprint density at radius 2 is 1.84 bits per heavy atom. The summed E-state index contributed by atoms with van der Waals surface area (Å²) in [5, 5.41) is 2.78. The number of rotatable bonds is 9. The van der Waals surface area contributed by atoms with Gasteiger partial charge in [0.15, 0.2) is 11.5 Å². The fourth-order valence-electron chi connectivity index (χ4n) is 3.29. The van der Waals surface area contributed by atoms with Crippen molar-refractivity contribution in [2.24, 2.45) is 5.92 Å². The summed E-state index contributed by atoms with van der Waals surface area (Å²) in [5.41, 5.74) is 1.44. The average Bonchev–Trinajstić information content (AvgIpc) is 2.76. The van der Waals surface area contributed by atoms with Crippen LogP contribution in [0.5, 0.6) is 17.2 Å². The number of anilines is 1. The van der Waals surface area contributed by atoms with Crippen LogP contribution >= 0.6 is 0 Å². The largest absolute Gasteiger partial charge is 0.495 e. The van der Waals surface area contributed by atoms with Gasteiger partial charge in [0.1, 0.15) is 19.0 Å². The van der Waals surface area contributed by atoms with Gasteiger partial charge in [-0.05, 0) is 49.1 Å². The van der Waals surface area contributed by atoms with E-state index in [1.54, 1.807) is 18.2 Å². The van der Waals surface area contributed by atoms with E-state index in [1.807, 2.05) is 26.8 Å². The molecule has 8 nitrogen and oxygen atoms in total. The summed E-state index contributed by atoms with van der Waals surface area (Å²) < 4.78 is 44.4. The first-order valence-corrected chi connectivity index (χ1v) is 12.0. The monoisotopic (exact) mass is 462 g/mol. The molecular formula is C23H30N2O6S. The summed E-state index contributed by atoms with van der Waals surface area (Å²) >= 11 is 0. The normalized spacial score (nSPS) is 13.3. The third-order valence-electron chi connectivity index (χ3n) is 5.06. The van der Waals surface area contributed by atoms with Crippen LogP contribution in [0.1, 0.15) is 25.8 Å². The minimum atomic E-state index is -3.94. The van der Waals surface area contributed by atoms with Crippen LogP contribution in [0.3, 0.4) is 0 Å². The number of carbonyl (C=O) groups excluding carboxylic acids is 1. The highest BCUT2D eigenvalue weighted by Gasteiger charge is 2.28. The zero-order valence-electron chi connectivity index (χ0n) is 18.9. The van der Waals surface area contributed by atoms with Gasteiger partial charge in [-0.15, -0.1) is 0 Å². The molecule has 1 amide bonds. The Morgan fingerprint density at radius 3 is 2.53 bits per heavy atom. The molecule has 0 radical (unpaired) electrons. The van der Waals surface area contributed by atoms with Gasteiger partial charge >= 0.3 is 0 Å². The molecular weight excluding hydrogens is 432 g/mol. The predicted octanol–water partition coefficient (Wildman–Crippen LogP) is 3.45. The summed E-state index contributed by atoms with van der Waals surface area (Å²) in [5.74, 6) is 1.22. The topological polar surface area (TPSA) is 94.2 Å². The van der Waals surface area contributed by atoms with Gasteiger partial charge in [0.25, 0.3) is 0 Å². The lowest BCUT2D eigenvalue weighted by Gasteiger charge is -2.24. The molecule has 0 aliphatic carbocycles. The number of carbonyl (C=O) groups is 1. The van der Waals surface area contributed by atoms with Crippen molar-refractivity contribution in [3.63, 3.8) is 0 Å². The summed E-state index contributed by atoms with van der Waals surface area (Å²) in [6.07, 6.45) is 0.616. The van der Waals surface area contributed by atoms with E-state index in [4.69, 9.17) is 14.2 Å². The third kappa shape index (κ3) is 5.72. The zero-order valence-corrected chi connectivity index (χ0v) is 19.7. The molecule has 0 saturated carbocycles. The molecule has 0 unspecified atom stereocenters. The van der Waals surface area contributed by atoms with Gasteiger partial charge in [-0.3, -0.25) is 4.79 Å². The number of nitrogens with zero attached hydrogens (tertiary/aromatic N) is 1. The van der Waals surface area contributed by atoms with Crippen LogP contribution < -0.4 is 19.5 Å². The Balaban J connectivity index is 1.84. The molecule has 1 N–H and O–H groups in total. The molecule has 1 heterocycles. The first kappa shape index (κ1) is 23.9. The third-order valence-corrected chi connectivity index (χ3v) is 6.90. The van der Waals surface area contributed by atoms with Crippen LogP contribution in [0.15, 0.2) is 41.3 Å². The van der Waals surface area contributed by atoms with Crippen molar-refractivity contribution in [1.82, 2.24) is 4.31 Å². The van der Waals surface area contributed by atoms with Gasteiger partial charge in [-0.25, -0.2) is 8.42 Å². The summed E-state index contributed by atoms with van der Waals surface area (Å²) in [7, 11) is -2.42. The van der Waals surface area contributed by atoms with E-state index in [0.29, 0.717) is 42.6 Å². The number of amides is 1. The lowest BCUT2D eigenvalue weighted by Crippen LogP contribution is -2.39. The zero-order chi connectivity index (χ0) is 23.3. The van der Waals surface area contributed by atoms with Crippen LogP contribution in [0.25, 0.3) is 0 Å². The second kappa shape index (κ2) is 10.2. The fourth-order valence-corrected chi connectivity index (χ4v) is 4.72. The molecule has 0 fully saturated rings. The Kier molecular flexibility index (Phi) is 7.63. The highest BCUT2D eigenvalue weighted by atomic mass is 32.2. The molecule has 3 rings (SSSR count). The number of fused-ring (bicyclic) bond motifs is 1. The van der Waals surface area contributed by atoms with Crippen LogP contribution in [0.4, 0.5) is 5.69 Å². The van der Waals surface area contributed by atoms with Crippen molar-refractivity contribution in [2.75, 3.05) is 38.7 Å².